The van der Waals surface area contributed by atoms with Crippen LogP contribution in [0, 0.1) is 5.92 Å². The van der Waals surface area contributed by atoms with Gasteiger partial charge in [0, 0.05) is 54.8 Å². The molecule has 3 fully saturated rings. The van der Waals surface area contributed by atoms with Crippen LogP contribution in [0.4, 0.5) is 0 Å². The molecule has 0 saturated carbocycles. The van der Waals surface area contributed by atoms with E-state index in [4.69, 9.17) is 66.8 Å². The van der Waals surface area contributed by atoms with Crippen LogP contribution < -0.4 is 73.1 Å². The predicted molar refractivity (Wildman–Crippen MR) is 460 cm³/mol. The van der Waals surface area contributed by atoms with Crippen LogP contribution in [0.2, 0.25) is 10.0 Å². The number of nitrogens with two attached hydrogens (primary N) is 1. The van der Waals surface area contributed by atoms with E-state index in [0.29, 0.717) is 13.1 Å². The molecule has 0 unspecified atom stereocenters. The molecule has 714 valence electrons. The molecule has 11 bridgehead atoms. The summed E-state index contributed by atoms with van der Waals surface area (Å²) >= 11 is 14.4. The molecular formula is C87H117Cl2N11O30. The first-order chi connectivity index (χ1) is 61.9. The molecule has 13 rings (SSSR count). The second kappa shape index (κ2) is 45.3. The number of carbonyl (C=O) groups excluding carboxylic acids is 7. The van der Waals surface area contributed by atoms with E-state index in [-0.39, 0.29) is 53.8 Å². The molecule has 7 amide bonds. The van der Waals surface area contributed by atoms with E-state index >= 15 is 24.0 Å². The summed E-state index contributed by atoms with van der Waals surface area (Å²) in [6, 6.07) is -2.18. The third kappa shape index (κ3) is 23.9. The molecule has 0 radical (unpaired) electrons. The molecular weight excluding hydrogens is 1750 g/mol. The summed E-state index contributed by atoms with van der Waals surface area (Å²) in [4.78, 5) is 120. The lowest BCUT2D eigenvalue weighted by Gasteiger charge is -2.48. The van der Waals surface area contributed by atoms with Crippen molar-refractivity contribution in [3.63, 3.8) is 0 Å². The van der Waals surface area contributed by atoms with Crippen LogP contribution in [-0.2, 0) is 68.6 Å². The quantitative estimate of drug-likeness (QED) is 0.0252. The molecule has 41 nitrogen and oxygen atoms in total. The van der Waals surface area contributed by atoms with Gasteiger partial charge in [-0.05, 0) is 123 Å². The van der Waals surface area contributed by atoms with Crippen molar-refractivity contribution in [1.82, 2.24) is 53.2 Å². The van der Waals surface area contributed by atoms with Crippen LogP contribution in [0.15, 0.2) is 72.8 Å². The molecule has 26 N–H and O–H groups in total. The van der Waals surface area contributed by atoms with Gasteiger partial charge in [-0.1, -0.05) is 107 Å². The van der Waals surface area contributed by atoms with Gasteiger partial charge in [-0.15, -0.1) is 0 Å². The Hall–Kier alpha value is -9.52. The lowest BCUT2D eigenvalue weighted by molar-refractivity contribution is -0.334. The highest BCUT2D eigenvalue weighted by Gasteiger charge is 2.53. The van der Waals surface area contributed by atoms with Gasteiger partial charge in [0.25, 0.3) is 0 Å². The summed E-state index contributed by atoms with van der Waals surface area (Å²) in [5.74, 6) is -16.8. The normalized spacial score (nSPS) is 29.1. The molecule has 8 aliphatic heterocycles. The first-order valence-corrected chi connectivity index (χ1v) is 43.9. The lowest BCUT2D eigenvalue weighted by atomic mass is 9.85. The van der Waals surface area contributed by atoms with Crippen LogP contribution >= 0.6 is 23.2 Å². The fourth-order valence-corrected chi connectivity index (χ4v) is 17.0. The fourth-order valence-electron chi connectivity index (χ4n) is 16.5. The highest BCUT2D eigenvalue weighted by Crippen LogP contribution is 2.51. The molecule has 0 aromatic heterocycles. The number of aliphatic hydroxyl groups is 10. The number of likely N-dealkylation sites (N-methyl/N-ethyl adjacent to an activating group) is 1. The van der Waals surface area contributed by atoms with Crippen molar-refractivity contribution in [1.29, 1.82) is 0 Å². The van der Waals surface area contributed by atoms with Gasteiger partial charge in [-0.2, -0.15) is 0 Å². The van der Waals surface area contributed by atoms with E-state index in [9.17, 15) is 85.9 Å². The van der Waals surface area contributed by atoms with Gasteiger partial charge in [0.15, 0.2) is 36.2 Å². The third-order valence-electron chi connectivity index (χ3n) is 23.8. The molecule has 0 spiro atoms. The Morgan fingerprint density at radius 3 is 1.84 bits per heavy atom. The number of halogens is 2. The summed E-state index contributed by atoms with van der Waals surface area (Å²) in [6.07, 6.45) is -17.9. The molecule has 23 atom stereocenters. The van der Waals surface area contributed by atoms with E-state index in [1.165, 1.54) is 38.4 Å². The molecule has 8 aliphatic rings. The van der Waals surface area contributed by atoms with Crippen molar-refractivity contribution >= 4 is 70.5 Å². The average molecular weight is 1870 g/mol. The fraction of sp³-hybridized carbons (Fsp3) is 0.563. The lowest BCUT2D eigenvalue weighted by Crippen LogP contribution is -2.65. The standard InChI is InChI=1S/C87H117Cl2N11O30/c1-7-8-9-10-11-12-13-14-21-92-22-23-94-87(5)34-60(124-39(4)77(87)114)129-76-73(112)71(110)58(37-102)128-86(76)130-75-55-30-43-31-56(75)126-54-20-17-42(29-48(54)89)68(107)66-83(120)98-64(84(121)122)45-32-52(104)46(35-93-24-25-123-85-74(113)72(111)70(109)57(36-101)127-85)69(108)61(45)44-27-40(15-18-51(44)103)62(80(117)100-66)97-81(118)63(43)96-79(116)50(33-59(90)105)95-82(119)65(99-78(115)49(91-6)26-38(2)3)67(106)41-16-19-53(125-55)47(88)28-41/h15-20,27-32,38-39,49-50,57-58,60,62-68,70-74,76-77,85-86,91-94,101-104,106-114H,7-14,21-26,33-37H2,1-6H3,(H2,90,105)(H,95,119)(H,96,116)(H,97,118)(H,98,120)(H,99,115)(H,100,117)(H,121,122)/t39-,49+,50-,57+,58+,60-,62+,63+,64-,65+,66-,67+,68+,70+,71+,72-,73-,74-,76+,77+,85-,86-,87-/m0/s1. The Morgan fingerprint density at radius 2 is 1.22 bits per heavy atom. The zero-order valence-electron chi connectivity index (χ0n) is 72.3. The number of aliphatic hydroxyl groups excluding tert-OH is 10. The number of amides is 7. The van der Waals surface area contributed by atoms with E-state index in [1.807, 2.05) is 13.8 Å². The van der Waals surface area contributed by atoms with Crippen molar-refractivity contribution in [3.8, 4) is 57.1 Å². The Balaban J connectivity index is 1.07. The Kier molecular flexibility index (Phi) is 35.2. The Morgan fingerprint density at radius 1 is 0.623 bits per heavy atom. The zero-order valence-corrected chi connectivity index (χ0v) is 73.8. The number of phenolic OH excluding ortho intramolecular Hbond substituents is 3. The minimum atomic E-state index is -2.42. The summed E-state index contributed by atoms with van der Waals surface area (Å²) < 4.78 is 50.6. The Bertz CT molecular complexity index is 4830. The van der Waals surface area contributed by atoms with Crippen LogP contribution in [0.5, 0.6) is 46.0 Å². The number of hydrogen-bond donors (Lipinski definition) is 25. The van der Waals surface area contributed by atoms with Gasteiger partial charge in [0.1, 0.15) is 114 Å². The Labute approximate surface area is 757 Å². The number of phenols is 3. The number of carboxylic acids is 1. The number of benzene rings is 5. The van der Waals surface area contributed by atoms with Crippen LogP contribution in [-0.4, -0.2) is 281 Å². The minimum Gasteiger partial charge on any atom is -0.507 e. The van der Waals surface area contributed by atoms with Gasteiger partial charge in [-0.25, -0.2) is 4.79 Å². The van der Waals surface area contributed by atoms with Crippen molar-refractivity contribution in [3.05, 3.63) is 116 Å². The summed E-state index contributed by atoms with van der Waals surface area (Å²) in [6.45, 7) is 7.81. The second-order valence-corrected chi connectivity index (χ2v) is 34.6. The van der Waals surface area contributed by atoms with E-state index in [1.54, 1.807) is 13.8 Å². The van der Waals surface area contributed by atoms with Crippen LogP contribution in [0.25, 0.3) is 11.1 Å². The summed E-state index contributed by atoms with van der Waals surface area (Å²) in [7, 11) is 1.47. The SMILES string of the molecule is CCCCCCCCCCNCCN[C@@]1(C)C[C@H](O[C@H]2[C@H](Oc3c4cc5cc3Oc3ccc(cc3Cl)[C@@H](O)[C@@H](NC(=O)[C@@H](CC(C)C)NC)C(=O)N[C@@H](CC(N)=O)C(=O)N[C@H]5C(=O)N[C@H]3C(=O)N[C@H](C(=O)N[C@H](C(=O)O)c5cc(O)c(CNCCO[C@H]6O[C@H](CO)[C@@H](O)[C@H](O)[C@@H]6O)c(O)c5-c5cc3ccc5O)[C@H](O)c3ccc(c(Cl)c3)O4)O[C@H](CO)[C@@H](O)[C@@H]2O)O[C@@H](C)[C@H]1O. The number of ether oxygens (including phenoxy) is 8. The first-order valence-electron chi connectivity index (χ1n) is 43.2. The van der Waals surface area contributed by atoms with Crippen molar-refractivity contribution < 1.29 is 148 Å². The first kappa shape index (κ1) is 101. The van der Waals surface area contributed by atoms with E-state index in [0.717, 1.165) is 99.3 Å². The molecule has 8 heterocycles. The summed E-state index contributed by atoms with van der Waals surface area (Å²) in [5.41, 5.74) is 0.862. The maximum atomic E-state index is 16.5. The molecule has 3 saturated heterocycles. The molecule has 5 aromatic rings. The topological polar surface area (TPSA) is 640 Å². The van der Waals surface area contributed by atoms with Gasteiger partial charge >= 0.3 is 5.97 Å². The molecule has 43 heteroatoms. The van der Waals surface area contributed by atoms with Crippen molar-refractivity contribution in [2.45, 2.75) is 252 Å². The van der Waals surface area contributed by atoms with Gasteiger partial charge < -0.3 is 168 Å². The number of hydrogen-bond acceptors (Lipinski definition) is 33. The summed E-state index contributed by atoms with van der Waals surface area (Å²) in [5, 5.41) is 187. The number of aromatic hydroxyl groups is 3. The largest absolute Gasteiger partial charge is 0.507 e. The average Bonchev–Trinajstić information content (AvgIpc) is 0.759. The number of carbonyl (C=O) groups is 8. The number of rotatable bonds is 33. The van der Waals surface area contributed by atoms with Gasteiger partial charge in [0.05, 0.1) is 60.1 Å². The number of fused-ring (bicyclic) bond motifs is 15. The van der Waals surface area contributed by atoms with Gasteiger partial charge in [-0.3, -0.25) is 33.6 Å². The number of carboxylic acid groups (broad SMARTS) is 1. The number of primary amides is 1. The van der Waals surface area contributed by atoms with Crippen molar-refractivity contribution in [2.24, 2.45) is 11.7 Å². The highest BCUT2D eigenvalue weighted by atomic mass is 35.5. The van der Waals surface area contributed by atoms with E-state index < -0.39 is 292 Å². The predicted octanol–water partition coefficient (Wildman–Crippen LogP) is 0.373. The van der Waals surface area contributed by atoms with E-state index in [2.05, 4.69) is 60.1 Å². The molecule has 5 aromatic carbocycles. The zero-order chi connectivity index (χ0) is 94.4. The smallest absolute Gasteiger partial charge is 0.330 e. The third-order valence-corrected chi connectivity index (χ3v) is 24.4. The molecule has 0 aliphatic carbocycles. The number of unbranched alkanes of at least 4 members (excludes halogenated alkanes) is 7. The highest BCUT2D eigenvalue weighted by molar-refractivity contribution is 6.32. The maximum absolute atomic E-state index is 16.5. The number of aliphatic carboxylic acids is 1. The maximum Gasteiger partial charge on any atom is 0.330 e. The van der Waals surface area contributed by atoms with Crippen molar-refractivity contribution in [2.75, 3.05) is 53.0 Å². The second-order valence-electron chi connectivity index (χ2n) is 33.8. The molecule has 130 heavy (non-hydrogen) atoms. The van der Waals surface area contributed by atoms with Gasteiger partial charge in [0.2, 0.25) is 53.4 Å². The van der Waals surface area contributed by atoms with Crippen LogP contribution in [0.1, 0.15) is 169 Å². The van der Waals surface area contributed by atoms with Crippen LogP contribution in [0.3, 0.4) is 0 Å². The number of nitrogens with one attached hydrogen (secondary N) is 10. The monoisotopic (exact) mass is 1870 g/mol. The minimum absolute atomic E-state index is 0.128.